The van der Waals surface area contributed by atoms with Crippen LogP contribution in [-0.4, -0.2) is 62.1 Å². The normalized spacial score (nSPS) is 20.3. The van der Waals surface area contributed by atoms with Gasteiger partial charge in [0.05, 0.1) is 23.7 Å². The molecule has 2 aliphatic rings. The molecule has 1 aromatic heterocycles. The summed E-state index contributed by atoms with van der Waals surface area (Å²) < 4.78 is 1.69. The number of amides is 2. The molecule has 8 nitrogen and oxygen atoms in total. The molecule has 2 saturated heterocycles. The first-order chi connectivity index (χ1) is 14.0. The third kappa shape index (κ3) is 4.16. The first-order valence-corrected chi connectivity index (χ1v) is 9.89. The fraction of sp³-hybridized carbons (Fsp3) is 0.429. The fourth-order valence-corrected chi connectivity index (χ4v) is 4.15. The monoisotopic (exact) mass is 396 g/mol. The van der Waals surface area contributed by atoms with Crippen molar-refractivity contribution in [3.8, 4) is 0 Å². The molecule has 29 heavy (non-hydrogen) atoms. The summed E-state index contributed by atoms with van der Waals surface area (Å²) in [5.41, 5.74) is 1.24. The van der Waals surface area contributed by atoms with Crippen LogP contribution < -0.4 is 0 Å². The van der Waals surface area contributed by atoms with Gasteiger partial charge in [0.25, 0.3) is 0 Å². The number of likely N-dealkylation sites (tertiary alicyclic amines) is 2. The van der Waals surface area contributed by atoms with Gasteiger partial charge in [0.2, 0.25) is 11.8 Å². The van der Waals surface area contributed by atoms with Crippen LogP contribution in [0.2, 0.25) is 0 Å². The number of carboxylic acids is 1. The maximum atomic E-state index is 12.9. The van der Waals surface area contributed by atoms with Crippen LogP contribution in [0.15, 0.2) is 42.7 Å². The predicted molar refractivity (Wildman–Crippen MR) is 104 cm³/mol. The Labute approximate surface area is 168 Å². The minimum atomic E-state index is -0.991. The van der Waals surface area contributed by atoms with Crippen LogP contribution in [0.3, 0.4) is 0 Å². The lowest BCUT2D eigenvalue weighted by atomic mass is 10.0. The Morgan fingerprint density at radius 3 is 2.52 bits per heavy atom. The predicted octanol–water partition coefficient (Wildman–Crippen LogP) is 1.79. The van der Waals surface area contributed by atoms with Crippen molar-refractivity contribution in [2.45, 2.75) is 31.8 Å². The third-order valence-electron chi connectivity index (χ3n) is 5.78. The van der Waals surface area contributed by atoms with Crippen molar-refractivity contribution in [3.05, 3.63) is 53.9 Å². The molecule has 0 spiro atoms. The molecule has 4 rings (SSSR count). The molecule has 2 amide bonds. The molecule has 2 aromatic rings. The van der Waals surface area contributed by atoms with Crippen LogP contribution in [0.4, 0.5) is 0 Å². The number of piperidine rings is 1. The van der Waals surface area contributed by atoms with E-state index < -0.39 is 5.97 Å². The summed E-state index contributed by atoms with van der Waals surface area (Å²) in [4.78, 5) is 39.9. The maximum Gasteiger partial charge on any atom is 0.338 e. The number of nitrogens with zero attached hydrogens (tertiary/aromatic N) is 4. The Kier molecular flexibility index (Phi) is 5.33. The van der Waals surface area contributed by atoms with Crippen LogP contribution in [0, 0.1) is 5.92 Å². The molecule has 0 bridgehead atoms. The number of benzene rings is 1. The lowest BCUT2D eigenvalue weighted by Crippen LogP contribution is -2.43. The SMILES string of the molecule is O=C(O)c1cnn(C2CCN(C(=O)C3CC(=O)N(Cc4ccccc4)C3)CC2)c1. The summed E-state index contributed by atoms with van der Waals surface area (Å²) in [5, 5.41) is 13.2. The summed E-state index contributed by atoms with van der Waals surface area (Å²) in [5.74, 6) is -1.21. The zero-order chi connectivity index (χ0) is 20.4. The van der Waals surface area contributed by atoms with Gasteiger partial charge < -0.3 is 14.9 Å². The van der Waals surface area contributed by atoms with Crippen molar-refractivity contribution < 1.29 is 19.5 Å². The second-order valence-corrected chi connectivity index (χ2v) is 7.73. The van der Waals surface area contributed by atoms with Crippen LogP contribution >= 0.6 is 0 Å². The molecule has 1 aromatic carbocycles. The van der Waals surface area contributed by atoms with Gasteiger partial charge in [0.15, 0.2) is 0 Å². The van der Waals surface area contributed by atoms with E-state index in [1.165, 1.54) is 6.20 Å². The molecule has 0 radical (unpaired) electrons. The minimum Gasteiger partial charge on any atom is -0.478 e. The number of carbonyl (C=O) groups is 3. The van der Waals surface area contributed by atoms with Crippen LogP contribution in [0.25, 0.3) is 0 Å². The standard InChI is InChI=1S/C21H24N4O4/c26-19-10-16(13-24(19)12-15-4-2-1-3-5-15)20(27)23-8-6-18(7-9-23)25-14-17(11-22-25)21(28)29/h1-5,11,14,16,18H,6-10,12-13H2,(H,28,29). The van der Waals surface area contributed by atoms with E-state index in [0.29, 0.717) is 26.2 Å². The zero-order valence-electron chi connectivity index (χ0n) is 16.1. The molecule has 0 aliphatic carbocycles. The van der Waals surface area contributed by atoms with Crippen molar-refractivity contribution in [2.24, 2.45) is 5.92 Å². The molecule has 1 unspecified atom stereocenters. The van der Waals surface area contributed by atoms with E-state index >= 15 is 0 Å². The Morgan fingerprint density at radius 1 is 1.14 bits per heavy atom. The lowest BCUT2D eigenvalue weighted by molar-refractivity contribution is -0.137. The maximum absolute atomic E-state index is 12.9. The third-order valence-corrected chi connectivity index (χ3v) is 5.78. The molecule has 2 aliphatic heterocycles. The topological polar surface area (TPSA) is 95.7 Å². The van der Waals surface area contributed by atoms with Gasteiger partial charge >= 0.3 is 5.97 Å². The van der Waals surface area contributed by atoms with Crippen molar-refractivity contribution >= 4 is 17.8 Å². The first kappa shape index (κ1) is 19.2. The first-order valence-electron chi connectivity index (χ1n) is 9.89. The van der Waals surface area contributed by atoms with Gasteiger partial charge in [-0.05, 0) is 18.4 Å². The highest BCUT2D eigenvalue weighted by Crippen LogP contribution is 2.27. The van der Waals surface area contributed by atoms with E-state index in [2.05, 4.69) is 5.10 Å². The van der Waals surface area contributed by atoms with Crippen molar-refractivity contribution in [1.82, 2.24) is 19.6 Å². The van der Waals surface area contributed by atoms with Crippen molar-refractivity contribution in [3.63, 3.8) is 0 Å². The van der Waals surface area contributed by atoms with Gasteiger partial charge in [-0.15, -0.1) is 0 Å². The van der Waals surface area contributed by atoms with E-state index in [-0.39, 0.29) is 35.8 Å². The summed E-state index contributed by atoms with van der Waals surface area (Å²) in [6.07, 6.45) is 4.61. The molecule has 0 saturated carbocycles. The number of rotatable bonds is 5. The molecule has 2 fully saturated rings. The molecular weight excluding hydrogens is 372 g/mol. The second kappa shape index (κ2) is 8.06. The minimum absolute atomic E-state index is 0.0276. The summed E-state index contributed by atoms with van der Waals surface area (Å²) in [6.45, 7) is 2.19. The number of carbonyl (C=O) groups excluding carboxylic acids is 2. The van der Waals surface area contributed by atoms with Gasteiger partial charge in [-0.1, -0.05) is 30.3 Å². The highest BCUT2D eigenvalue weighted by molar-refractivity contribution is 5.89. The highest BCUT2D eigenvalue weighted by Gasteiger charge is 2.37. The number of hydrogen-bond acceptors (Lipinski definition) is 4. The zero-order valence-corrected chi connectivity index (χ0v) is 16.1. The van der Waals surface area contributed by atoms with E-state index in [1.807, 2.05) is 35.2 Å². The van der Waals surface area contributed by atoms with E-state index in [1.54, 1.807) is 15.8 Å². The van der Waals surface area contributed by atoms with Crippen molar-refractivity contribution in [2.75, 3.05) is 19.6 Å². The van der Waals surface area contributed by atoms with Gasteiger partial charge in [-0.3, -0.25) is 14.3 Å². The van der Waals surface area contributed by atoms with Gasteiger partial charge in [0, 0.05) is 38.8 Å². The lowest BCUT2D eigenvalue weighted by Gasteiger charge is -2.33. The van der Waals surface area contributed by atoms with Crippen molar-refractivity contribution in [1.29, 1.82) is 0 Å². The van der Waals surface area contributed by atoms with Gasteiger partial charge in [-0.2, -0.15) is 5.10 Å². The average Bonchev–Trinajstić information content (AvgIpc) is 3.36. The Hall–Kier alpha value is -3.16. The number of carboxylic acid groups (broad SMARTS) is 1. The van der Waals surface area contributed by atoms with Crippen LogP contribution in [-0.2, 0) is 16.1 Å². The molecule has 1 atom stereocenters. The average molecular weight is 396 g/mol. The highest BCUT2D eigenvalue weighted by atomic mass is 16.4. The van der Waals surface area contributed by atoms with Crippen LogP contribution in [0.5, 0.6) is 0 Å². The van der Waals surface area contributed by atoms with Gasteiger partial charge in [-0.25, -0.2) is 4.79 Å². The van der Waals surface area contributed by atoms with E-state index in [4.69, 9.17) is 5.11 Å². The van der Waals surface area contributed by atoms with Gasteiger partial charge in [0.1, 0.15) is 0 Å². The van der Waals surface area contributed by atoms with E-state index in [0.717, 1.165) is 18.4 Å². The Morgan fingerprint density at radius 2 is 1.86 bits per heavy atom. The molecule has 3 heterocycles. The fourth-order valence-electron chi connectivity index (χ4n) is 4.15. The summed E-state index contributed by atoms with van der Waals surface area (Å²) in [7, 11) is 0. The number of aromatic carboxylic acids is 1. The Bertz CT molecular complexity index is 902. The molecule has 1 N–H and O–H groups in total. The summed E-state index contributed by atoms with van der Waals surface area (Å²) >= 11 is 0. The second-order valence-electron chi connectivity index (χ2n) is 7.73. The molecular formula is C21H24N4O4. The van der Waals surface area contributed by atoms with E-state index in [9.17, 15) is 14.4 Å². The largest absolute Gasteiger partial charge is 0.478 e. The number of aromatic nitrogens is 2. The molecule has 152 valence electrons. The van der Waals surface area contributed by atoms with Crippen LogP contribution in [0.1, 0.15) is 41.2 Å². The smallest absolute Gasteiger partial charge is 0.338 e. The molecule has 8 heteroatoms. The number of hydrogen-bond donors (Lipinski definition) is 1. The quantitative estimate of drug-likeness (QED) is 0.831. The summed E-state index contributed by atoms with van der Waals surface area (Å²) in [6, 6.07) is 9.89. The Balaban J connectivity index is 1.31.